The molecule has 0 saturated carbocycles. The molecule has 0 aliphatic heterocycles. The summed E-state index contributed by atoms with van der Waals surface area (Å²) in [5, 5.41) is 18.9. The van der Waals surface area contributed by atoms with E-state index in [0.717, 1.165) is 11.1 Å². The van der Waals surface area contributed by atoms with E-state index in [1.165, 1.54) is 0 Å². The number of nitrogens with zero attached hydrogens (tertiary/aromatic N) is 3. The lowest BCUT2D eigenvalue weighted by atomic mass is 10.0. The minimum Gasteiger partial charge on any atom is -0.481 e. The number of amides is 2. The molecule has 126 valence electrons. The van der Waals surface area contributed by atoms with Gasteiger partial charge >= 0.3 is 12.0 Å². The summed E-state index contributed by atoms with van der Waals surface area (Å²) < 4.78 is 1.56. The number of aromatic nitrogens is 3. The fourth-order valence-electron chi connectivity index (χ4n) is 3.19. The zero-order valence-corrected chi connectivity index (χ0v) is 13.1. The molecule has 25 heavy (non-hydrogen) atoms. The molecule has 0 bridgehead atoms. The molecular formula is C17H15N5O3. The van der Waals surface area contributed by atoms with Gasteiger partial charge in [-0.3, -0.25) is 10.1 Å². The minimum absolute atomic E-state index is 0.185. The molecule has 8 heteroatoms. The first-order valence-electron chi connectivity index (χ1n) is 7.82. The Bertz CT molecular complexity index is 935. The maximum atomic E-state index is 12.3. The van der Waals surface area contributed by atoms with Gasteiger partial charge in [-0.25, -0.2) is 9.31 Å². The van der Waals surface area contributed by atoms with Crippen molar-refractivity contribution in [3.05, 3.63) is 59.8 Å². The summed E-state index contributed by atoms with van der Waals surface area (Å²) in [5.41, 5.74) is 2.19. The molecule has 2 heterocycles. The van der Waals surface area contributed by atoms with Crippen LogP contribution in [0.3, 0.4) is 0 Å². The largest absolute Gasteiger partial charge is 0.481 e. The standard InChI is InChI=1S/C17H15N5O3/c23-15(24)12-9-13(11-6-2-1-5-10(11)12)18-17(25)20-16-19-14-7-3-4-8-22(14)21-16/h1-8,12-13H,9H2,(H,23,24)(H2,18,20,21,25). The van der Waals surface area contributed by atoms with Crippen LogP contribution < -0.4 is 10.6 Å². The summed E-state index contributed by atoms with van der Waals surface area (Å²) in [6.45, 7) is 0. The predicted octanol–water partition coefficient (Wildman–Crippen LogP) is 2.16. The molecule has 1 aromatic carbocycles. The van der Waals surface area contributed by atoms with E-state index in [2.05, 4.69) is 20.7 Å². The number of hydrogen-bond acceptors (Lipinski definition) is 4. The summed E-state index contributed by atoms with van der Waals surface area (Å²) in [7, 11) is 0. The topological polar surface area (TPSA) is 109 Å². The molecule has 1 aliphatic rings. The van der Waals surface area contributed by atoms with E-state index in [1.807, 2.05) is 24.3 Å². The van der Waals surface area contributed by atoms with Crippen molar-refractivity contribution >= 4 is 23.6 Å². The first-order chi connectivity index (χ1) is 12.1. The van der Waals surface area contributed by atoms with Crippen LogP contribution in [0.25, 0.3) is 5.65 Å². The maximum absolute atomic E-state index is 12.3. The molecule has 4 rings (SSSR count). The number of carboxylic acids is 1. The van der Waals surface area contributed by atoms with Crippen LogP contribution in [0.15, 0.2) is 48.7 Å². The van der Waals surface area contributed by atoms with E-state index >= 15 is 0 Å². The second kappa shape index (κ2) is 5.90. The van der Waals surface area contributed by atoms with Gasteiger partial charge in [0.15, 0.2) is 5.65 Å². The quantitative estimate of drug-likeness (QED) is 0.679. The van der Waals surface area contributed by atoms with Gasteiger partial charge < -0.3 is 10.4 Å². The number of fused-ring (bicyclic) bond motifs is 2. The number of nitrogens with one attached hydrogen (secondary N) is 2. The Morgan fingerprint density at radius 1 is 1.12 bits per heavy atom. The van der Waals surface area contributed by atoms with Crippen LogP contribution in [0.4, 0.5) is 10.7 Å². The average molecular weight is 337 g/mol. The van der Waals surface area contributed by atoms with E-state index in [0.29, 0.717) is 12.1 Å². The lowest BCUT2D eigenvalue weighted by Crippen LogP contribution is -2.32. The number of carbonyl (C=O) groups is 2. The summed E-state index contributed by atoms with van der Waals surface area (Å²) in [5.74, 6) is -1.32. The van der Waals surface area contributed by atoms with Gasteiger partial charge in [0.1, 0.15) is 0 Å². The van der Waals surface area contributed by atoms with Crippen molar-refractivity contribution in [1.82, 2.24) is 19.9 Å². The molecule has 3 aromatic rings. The molecule has 1 aliphatic carbocycles. The number of hydrogen-bond donors (Lipinski definition) is 3. The molecule has 2 aromatic heterocycles. The van der Waals surface area contributed by atoms with Gasteiger partial charge in [0.25, 0.3) is 5.95 Å². The minimum atomic E-state index is -0.890. The molecule has 0 saturated heterocycles. The van der Waals surface area contributed by atoms with Crippen LogP contribution in [-0.2, 0) is 4.79 Å². The Kier molecular flexibility index (Phi) is 3.57. The van der Waals surface area contributed by atoms with E-state index in [-0.39, 0.29) is 12.0 Å². The Morgan fingerprint density at radius 3 is 2.64 bits per heavy atom. The lowest BCUT2D eigenvalue weighted by molar-refractivity contribution is -0.138. The number of carbonyl (C=O) groups excluding carboxylic acids is 1. The SMILES string of the molecule is O=C(Nc1nc2ccccn2n1)NC1CC(C(=O)O)c2ccccc21. The number of aliphatic carboxylic acids is 1. The fourth-order valence-corrected chi connectivity index (χ4v) is 3.19. The number of benzene rings is 1. The van der Waals surface area contributed by atoms with Gasteiger partial charge in [0, 0.05) is 6.20 Å². The van der Waals surface area contributed by atoms with Gasteiger partial charge in [0.05, 0.1) is 12.0 Å². The zero-order chi connectivity index (χ0) is 17.4. The van der Waals surface area contributed by atoms with Gasteiger partial charge in [-0.1, -0.05) is 30.3 Å². The molecule has 2 unspecified atom stereocenters. The zero-order valence-electron chi connectivity index (χ0n) is 13.1. The van der Waals surface area contributed by atoms with Gasteiger partial charge in [0.2, 0.25) is 0 Å². The molecule has 3 N–H and O–H groups in total. The number of pyridine rings is 1. The van der Waals surface area contributed by atoms with E-state index in [9.17, 15) is 14.7 Å². The number of urea groups is 1. The van der Waals surface area contributed by atoms with Crippen LogP contribution in [0.2, 0.25) is 0 Å². The number of rotatable bonds is 3. The van der Waals surface area contributed by atoms with Crippen molar-refractivity contribution in [1.29, 1.82) is 0 Å². The highest BCUT2D eigenvalue weighted by Crippen LogP contribution is 2.40. The second-order valence-electron chi connectivity index (χ2n) is 5.85. The number of anilines is 1. The molecule has 0 spiro atoms. The summed E-state index contributed by atoms with van der Waals surface area (Å²) in [6, 6.07) is 11.8. The van der Waals surface area contributed by atoms with Crippen LogP contribution in [-0.4, -0.2) is 31.7 Å². The molecule has 0 fully saturated rings. The highest BCUT2D eigenvalue weighted by Gasteiger charge is 2.35. The van der Waals surface area contributed by atoms with Gasteiger partial charge in [-0.2, -0.15) is 4.98 Å². The summed E-state index contributed by atoms with van der Waals surface area (Å²) in [6.07, 6.45) is 2.05. The first kappa shape index (κ1) is 15.1. The normalized spacial score (nSPS) is 18.7. The molecule has 2 amide bonds. The fraction of sp³-hybridized carbons (Fsp3) is 0.176. The summed E-state index contributed by atoms with van der Waals surface area (Å²) >= 11 is 0. The first-order valence-corrected chi connectivity index (χ1v) is 7.82. The van der Waals surface area contributed by atoms with Crippen molar-refractivity contribution in [2.75, 3.05) is 5.32 Å². The molecule has 2 atom stereocenters. The van der Waals surface area contributed by atoms with Crippen LogP contribution >= 0.6 is 0 Å². The Balaban J connectivity index is 1.50. The number of carboxylic acid groups (broad SMARTS) is 1. The third-order valence-corrected chi connectivity index (χ3v) is 4.29. The van der Waals surface area contributed by atoms with Crippen molar-refractivity contribution in [2.24, 2.45) is 0 Å². The molecule has 8 nitrogen and oxygen atoms in total. The predicted molar refractivity (Wildman–Crippen MR) is 89.3 cm³/mol. The molecule has 0 radical (unpaired) electrons. The van der Waals surface area contributed by atoms with Crippen molar-refractivity contribution in [2.45, 2.75) is 18.4 Å². The molecular weight excluding hydrogens is 322 g/mol. The van der Waals surface area contributed by atoms with Crippen molar-refractivity contribution in [3.63, 3.8) is 0 Å². The maximum Gasteiger partial charge on any atom is 0.322 e. The Labute approximate surface area is 142 Å². The monoisotopic (exact) mass is 337 g/mol. The van der Waals surface area contributed by atoms with E-state index in [1.54, 1.807) is 28.9 Å². The third-order valence-electron chi connectivity index (χ3n) is 4.29. The van der Waals surface area contributed by atoms with E-state index < -0.39 is 17.9 Å². The van der Waals surface area contributed by atoms with Gasteiger partial charge in [-0.05, 0) is 29.7 Å². The van der Waals surface area contributed by atoms with Crippen LogP contribution in [0.1, 0.15) is 29.5 Å². The summed E-state index contributed by atoms with van der Waals surface area (Å²) in [4.78, 5) is 27.9. The van der Waals surface area contributed by atoms with E-state index in [4.69, 9.17) is 0 Å². The van der Waals surface area contributed by atoms with Crippen molar-refractivity contribution < 1.29 is 14.7 Å². The Morgan fingerprint density at radius 2 is 1.88 bits per heavy atom. The lowest BCUT2D eigenvalue weighted by Gasteiger charge is -2.13. The smallest absolute Gasteiger partial charge is 0.322 e. The Hall–Kier alpha value is -3.42. The second-order valence-corrected chi connectivity index (χ2v) is 5.85. The van der Waals surface area contributed by atoms with Crippen LogP contribution in [0, 0.1) is 0 Å². The van der Waals surface area contributed by atoms with Gasteiger partial charge in [-0.15, -0.1) is 5.10 Å². The van der Waals surface area contributed by atoms with Crippen molar-refractivity contribution in [3.8, 4) is 0 Å². The van der Waals surface area contributed by atoms with Crippen LogP contribution in [0.5, 0.6) is 0 Å². The highest BCUT2D eigenvalue weighted by molar-refractivity contribution is 5.88. The highest BCUT2D eigenvalue weighted by atomic mass is 16.4. The third kappa shape index (κ3) is 2.78. The average Bonchev–Trinajstić information content (AvgIpc) is 3.16.